The molecule has 0 heterocycles. The Balaban J connectivity index is 3.19. The van der Waals surface area contributed by atoms with Crippen molar-refractivity contribution >= 4 is 28.3 Å². The van der Waals surface area contributed by atoms with Crippen molar-refractivity contribution in [2.75, 3.05) is 5.73 Å². The van der Waals surface area contributed by atoms with Gasteiger partial charge in [-0.3, -0.25) is 0 Å². The third-order valence-corrected chi connectivity index (χ3v) is 2.46. The second-order valence-corrected chi connectivity index (χ2v) is 3.32. The lowest BCUT2D eigenvalue weighted by Gasteiger charge is -2.10. The maximum Gasteiger partial charge on any atom is 0.418 e. The van der Waals surface area contributed by atoms with Gasteiger partial charge in [-0.15, -0.1) is 0 Å². The molecule has 0 radical (unpaired) electrons. The van der Waals surface area contributed by atoms with Gasteiger partial charge in [0.25, 0.3) is 0 Å². The van der Waals surface area contributed by atoms with E-state index in [-0.39, 0.29) is 5.69 Å². The summed E-state index contributed by atoms with van der Waals surface area (Å²) in [6.07, 6.45) is -4.36. The Bertz CT molecular complexity index is 309. The highest BCUT2D eigenvalue weighted by molar-refractivity contribution is 14.1. The van der Waals surface area contributed by atoms with E-state index >= 15 is 0 Å². The minimum absolute atomic E-state index is 0.221. The quantitative estimate of drug-likeness (QED) is 0.481. The first kappa shape index (κ1) is 10.6. The number of hydrogen-bond acceptors (Lipinski definition) is 1. The highest BCUT2D eigenvalue weighted by Gasteiger charge is 2.32. The number of nitrogen functional groups attached to an aromatic ring is 1. The third-order valence-electron chi connectivity index (χ3n) is 1.58. The summed E-state index contributed by atoms with van der Waals surface area (Å²) < 4.78 is 37.4. The van der Waals surface area contributed by atoms with E-state index in [1.54, 1.807) is 6.07 Å². The normalized spacial score (nSPS) is 11.7. The Morgan fingerprint density at radius 2 is 1.92 bits per heavy atom. The van der Waals surface area contributed by atoms with Gasteiger partial charge in [-0.25, -0.2) is 0 Å². The summed E-state index contributed by atoms with van der Waals surface area (Å²) in [4.78, 5) is 0. The lowest BCUT2D eigenvalue weighted by atomic mass is 10.1. The Kier molecular flexibility index (Phi) is 3.05. The van der Waals surface area contributed by atoms with Crippen LogP contribution >= 0.6 is 22.6 Å². The van der Waals surface area contributed by atoms with Crippen molar-refractivity contribution in [2.24, 2.45) is 0 Å². The number of anilines is 1. The molecule has 1 rings (SSSR count). The molecule has 0 aromatic heterocycles. The van der Waals surface area contributed by atoms with E-state index in [1.807, 2.05) is 22.6 Å². The van der Waals surface area contributed by atoms with Gasteiger partial charge >= 0.3 is 6.18 Å². The van der Waals surface area contributed by atoms with Gasteiger partial charge in [0.15, 0.2) is 0 Å². The Morgan fingerprint density at radius 3 is 2.38 bits per heavy atom. The SMILES string of the molecule is Nc1ccc(CI)cc1C(F)(F)F. The maximum absolute atomic E-state index is 12.3. The molecule has 0 aliphatic heterocycles. The predicted molar refractivity (Wildman–Crippen MR) is 53.6 cm³/mol. The summed E-state index contributed by atoms with van der Waals surface area (Å²) in [6, 6.07) is 3.97. The molecule has 1 nitrogen and oxygen atoms in total. The summed E-state index contributed by atoms with van der Waals surface area (Å²) in [6.45, 7) is 0. The lowest BCUT2D eigenvalue weighted by Crippen LogP contribution is -2.09. The number of rotatable bonds is 1. The van der Waals surface area contributed by atoms with Crippen molar-refractivity contribution in [3.63, 3.8) is 0 Å². The Morgan fingerprint density at radius 1 is 1.31 bits per heavy atom. The Hall–Kier alpha value is -0.460. The molecule has 0 spiro atoms. The highest BCUT2D eigenvalue weighted by atomic mass is 127. The standard InChI is InChI=1S/C8H7F3IN/c9-8(10,11)6-3-5(4-12)1-2-7(6)13/h1-3H,4,13H2. The summed E-state index contributed by atoms with van der Waals surface area (Å²) >= 11 is 2.00. The first-order valence-electron chi connectivity index (χ1n) is 3.46. The molecule has 1 aromatic carbocycles. The molecule has 72 valence electrons. The summed E-state index contributed by atoms with van der Waals surface area (Å²) in [5.41, 5.74) is 4.87. The predicted octanol–water partition coefficient (Wildman–Crippen LogP) is 3.22. The first-order chi connectivity index (χ1) is 5.95. The Labute approximate surface area is 87.3 Å². The van der Waals surface area contributed by atoms with Crippen molar-refractivity contribution < 1.29 is 13.2 Å². The molecular formula is C8H7F3IN. The van der Waals surface area contributed by atoms with Crippen LogP contribution in [0.3, 0.4) is 0 Å². The van der Waals surface area contributed by atoms with Crippen LogP contribution in [0.15, 0.2) is 18.2 Å². The molecule has 0 saturated carbocycles. The molecule has 5 heteroatoms. The van der Waals surface area contributed by atoms with E-state index in [9.17, 15) is 13.2 Å². The van der Waals surface area contributed by atoms with Gasteiger partial charge in [0.2, 0.25) is 0 Å². The minimum atomic E-state index is -4.36. The van der Waals surface area contributed by atoms with Gasteiger partial charge in [0.1, 0.15) is 0 Å². The van der Waals surface area contributed by atoms with Crippen LogP contribution in [0.25, 0.3) is 0 Å². The van der Waals surface area contributed by atoms with E-state index < -0.39 is 11.7 Å². The van der Waals surface area contributed by atoms with E-state index in [4.69, 9.17) is 5.73 Å². The van der Waals surface area contributed by atoms with Gasteiger partial charge < -0.3 is 5.73 Å². The van der Waals surface area contributed by atoms with Crippen LogP contribution < -0.4 is 5.73 Å². The number of alkyl halides is 4. The van der Waals surface area contributed by atoms with Gasteiger partial charge in [0.05, 0.1) is 5.56 Å². The zero-order valence-electron chi connectivity index (χ0n) is 6.53. The fourth-order valence-electron chi connectivity index (χ4n) is 0.932. The molecule has 0 saturated heterocycles. The summed E-state index contributed by atoms with van der Waals surface area (Å²) in [5.74, 6) is 0. The maximum atomic E-state index is 12.3. The lowest BCUT2D eigenvalue weighted by molar-refractivity contribution is -0.136. The minimum Gasteiger partial charge on any atom is -0.398 e. The van der Waals surface area contributed by atoms with Crippen LogP contribution in [0.4, 0.5) is 18.9 Å². The molecule has 2 N–H and O–H groups in total. The van der Waals surface area contributed by atoms with Crippen LogP contribution in [0.2, 0.25) is 0 Å². The molecule has 1 aromatic rings. The van der Waals surface area contributed by atoms with Crippen LogP contribution in [-0.2, 0) is 10.6 Å². The number of nitrogens with two attached hydrogens (primary N) is 1. The summed E-state index contributed by atoms with van der Waals surface area (Å²) in [5, 5.41) is 0. The topological polar surface area (TPSA) is 26.0 Å². The number of hydrogen-bond donors (Lipinski definition) is 1. The molecule has 0 unspecified atom stereocenters. The zero-order chi connectivity index (χ0) is 10.1. The average Bonchev–Trinajstić information content (AvgIpc) is 2.03. The molecule has 0 amide bonds. The van der Waals surface area contributed by atoms with E-state index in [2.05, 4.69) is 0 Å². The smallest absolute Gasteiger partial charge is 0.398 e. The van der Waals surface area contributed by atoms with Gasteiger partial charge in [-0.05, 0) is 17.7 Å². The van der Waals surface area contributed by atoms with Crippen molar-refractivity contribution in [1.82, 2.24) is 0 Å². The van der Waals surface area contributed by atoms with Gasteiger partial charge in [-0.2, -0.15) is 13.2 Å². The molecule has 13 heavy (non-hydrogen) atoms. The molecule has 0 aliphatic carbocycles. The third kappa shape index (κ3) is 2.49. The van der Waals surface area contributed by atoms with E-state index in [0.717, 1.165) is 6.07 Å². The monoisotopic (exact) mass is 301 g/mol. The van der Waals surface area contributed by atoms with Crippen LogP contribution in [0.1, 0.15) is 11.1 Å². The fourth-order valence-corrected chi connectivity index (χ4v) is 1.41. The van der Waals surface area contributed by atoms with Crippen LogP contribution in [0.5, 0.6) is 0 Å². The molecule has 0 bridgehead atoms. The van der Waals surface area contributed by atoms with Crippen molar-refractivity contribution in [3.8, 4) is 0 Å². The van der Waals surface area contributed by atoms with Crippen molar-refractivity contribution in [2.45, 2.75) is 10.6 Å². The average molecular weight is 301 g/mol. The molecule has 0 fully saturated rings. The molecule has 0 atom stereocenters. The van der Waals surface area contributed by atoms with Crippen LogP contribution in [-0.4, -0.2) is 0 Å². The van der Waals surface area contributed by atoms with Gasteiger partial charge in [-0.1, -0.05) is 28.7 Å². The van der Waals surface area contributed by atoms with Crippen LogP contribution in [0, 0.1) is 0 Å². The largest absolute Gasteiger partial charge is 0.418 e. The van der Waals surface area contributed by atoms with E-state index in [0.29, 0.717) is 9.99 Å². The second-order valence-electron chi connectivity index (χ2n) is 2.55. The van der Waals surface area contributed by atoms with Crippen molar-refractivity contribution in [1.29, 1.82) is 0 Å². The zero-order valence-corrected chi connectivity index (χ0v) is 8.69. The van der Waals surface area contributed by atoms with Gasteiger partial charge in [0, 0.05) is 10.1 Å². The molecule has 0 aliphatic rings. The number of benzene rings is 1. The highest BCUT2D eigenvalue weighted by Crippen LogP contribution is 2.34. The summed E-state index contributed by atoms with van der Waals surface area (Å²) in [7, 11) is 0. The number of halogens is 4. The van der Waals surface area contributed by atoms with E-state index in [1.165, 1.54) is 6.07 Å². The first-order valence-corrected chi connectivity index (χ1v) is 4.99. The molecular weight excluding hydrogens is 294 g/mol. The van der Waals surface area contributed by atoms with Crippen molar-refractivity contribution in [3.05, 3.63) is 29.3 Å². The second kappa shape index (κ2) is 3.73. The fraction of sp³-hybridized carbons (Fsp3) is 0.250.